The van der Waals surface area contributed by atoms with E-state index in [1.807, 2.05) is 18.2 Å². The molecule has 0 aliphatic heterocycles. The second-order valence-corrected chi connectivity index (χ2v) is 4.33. The molecule has 2 unspecified atom stereocenters. The summed E-state index contributed by atoms with van der Waals surface area (Å²) in [5.41, 5.74) is 1.16. The highest BCUT2D eigenvalue weighted by atomic mass is 16.5. The monoisotopic (exact) mass is 206 g/mol. The van der Waals surface area contributed by atoms with Gasteiger partial charge in [0, 0.05) is 6.42 Å². The Bertz CT molecular complexity index is 322. The lowest BCUT2D eigenvalue weighted by molar-refractivity contribution is 0.0533. The molecule has 0 aromatic heterocycles. The minimum atomic E-state index is -0.173. The summed E-state index contributed by atoms with van der Waals surface area (Å²) < 4.78 is 5.90. The first-order valence-corrected chi connectivity index (χ1v) is 5.66. The summed E-state index contributed by atoms with van der Waals surface area (Å²) in [6.45, 7) is 2.05. The van der Waals surface area contributed by atoms with E-state index in [4.69, 9.17) is 4.74 Å². The van der Waals surface area contributed by atoms with Gasteiger partial charge in [-0.3, -0.25) is 0 Å². The first-order chi connectivity index (χ1) is 7.25. The topological polar surface area (TPSA) is 29.5 Å². The van der Waals surface area contributed by atoms with Crippen LogP contribution in [-0.2, 0) is 0 Å². The van der Waals surface area contributed by atoms with E-state index in [0.29, 0.717) is 0 Å². The highest BCUT2D eigenvalue weighted by Gasteiger charge is 2.21. The quantitative estimate of drug-likeness (QED) is 0.806. The van der Waals surface area contributed by atoms with Gasteiger partial charge in [-0.25, -0.2) is 0 Å². The smallest absolute Gasteiger partial charge is 0.122 e. The van der Waals surface area contributed by atoms with E-state index in [0.717, 1.165) is 37.0 Å². The molecule has 2 atom stereocenters. The fraction of sp³-hybridized carbons (Fsp3) is 0.538. The second kappa shape index (κ2) is 4.67. The van der Waals surface area contributed by atoms with Crippen molar-refractivity contribution in [3.63, 3.8) is 0 Å². The third-order valence-electron chi connectivity index (χ3n) is 2.99. The number of ether oxygens (including phenoxy) is 1. The van der Waals surface area contributed by atoms with E-state index in [9.17, 15) is 5.11 Å². The molecule has 0 bridgehead atoms. The van der Waals surface area contributed by atoms with Crippen molar-refractivity contribution in [2.24, 2.45) is 0 Å². The number of hydrogen-bond acceptors (Lipinski definition) is 2. The molecule has 82 valence electrons. The number of aliphatic hydroxyl groups is 1. The van der Waals surface area contributed by atoms with E-state index in [2.05, 4.69) is 13.0 Å². The zero-order valence-corrected chi connectivity index (χ0v) is 9.15. The van der Waals surface area contributed by atoms with Crippen molar-refractivity contribution < 1.29 is 9.84 Å². The van der Waals surface area contributed by atoms with Crippen molar-refractivity contribution in [2.45, 2.75) is 44.8 Å². The van der Waals surface area contributed by atoms with Gasteiger partial charge in [0.1, 0.15) is 11.9 Å². The van der Waals surface area contributed by atoms with Gasteiger partial charge in [0.2, 0.25) is 0 Å². The molecule has 1 aliphatic carbocycles. The van der Waals surface area contributed by atoms with Crippen LogP contribution in [-0.4, -0.2) is 17.3 Å². The molecule has 1 aromatic rings. The minimum absolute atomic E-state index is 0.173. The Hall–Kier alpha value is -1.02. The predicted molar refractivity (Wildman–Crippen MR) is 60.1 cm³/mol. The SMILES string of the molecule is Cc1ccccc1OC1CCCC(O)C1. The first kappa shape index (κ1) is 10.5. The van der Waals surface area contributed by atoms with Crippen LogP contribution in [0.3, 0.4) is 0 Å². The number of aryl methyl sites for hydroxylation is 1. The molecular formula is C13H18O2. The third-order valence-corrected chi connectivity index (χ3v) is 2.99. The lowest BCUT2D eigenvalue weighted by Crippen LogP contribution is -2.28. The molecule has 1 saturated carbocycles. The molecule has 0 spiro atoms. The van der Waals surface area contributed by atoms with Gasteiger partial charge >= 0.3 is 0 Å². The molecule has 0 saturated heterocycles. The number of benzene rings is 1. The minimum Gasteiger partial charge on any atom is -0.490 e. The van der Waals surface area contributed by atoms with Gasteiger partial charge in [0.15, 0.2) is 0 Å². The van der Waals surface area contributed by atoms with E-state index >= 15 is 0 Å². The van der Waals surface area contributed by atoms with Gasteiger partial charge in [0.05, 0.1) is 6.10 Å². The Morgan fingerprint density at radius 3 is 2.80 bits per heavy atom. The van der Waals surface area contributed by atoms with Crippen LogP contribution in [0.15, 0.2) is 24.3 Å². The van der Waals surface area contributed by atoms with E-state index in [1.54, 1.807) is 0 Å². The molecule has 1 aliphatic rings. The summed E-state index contributed by atoms with van der Waals surface area (Å²) in [5.74, 6) is 0.955. The van der Waals surface area contributed by atoms with Crippen molar-refractivity contribution in [1.82, 2.24) is 0 Å². The maximum Gasteiger partial charge on any atom is 0.122 e. The summed E-state index contributed by atoms with van der Waals surface area (Å²) in [4.78, 5) is 0. The summed E-state index contributed by atoms with van der Waals surface area (Å²) in [6, 6.07) is 8.05. The van der Waals surface area contributed by atoms with E-state index < -0.39 is 0 Å². The molecule has 1 aromatic carbocycles. The van der Waals surface area contributed by atoms with Crippen LogP contribution >= 0.6 is 0 Å². The Labute approximate surface area is 90.9 Å². The fourth-order valence-corrected chi connectivity index (χ4v) is 2.10. The normalized spacial score (nSPS) is 26.3. The molecular weight excluding hydrogens is 188 g/mol. The van der Waals surface area contributed by atoms with Crippen molar-refractivity contribution in [3.8, 4) is 5.75 Å². The van der Waals surface area contributed by atoms with Crippen LogP contribution in [0.2, 0.25) is 0 Å². The van der Waals surface area contributed by atoms with E-state index in [1.165, 1.54) is 0 Å². The van der Waals surface area contributed by atoms with Gasteiger partial charge in [-0.15, -0.1) is 0 Å². The van der Waals surface area contributed by atoms with Crippen LogP contribution in [0.5, 0.6) is 5.75 Å². The van der Waals surface area contributed by atoms with Crippen molar-refractivity contribution in [3.05, 3.63) is 29.8 Å². The van der Waals surface area contributed by atoms with Crippen LogP contribution in [0, 0.1) is 6.92 Å². The standard InChI is InChI=1S/C13H18O2/c1-10-5-2-3-8-13(10)15-12-7-4-6-11(14)9-12/h2-3,5,8,11-12,14H,4,6-7,9H2,1H3. The fourth-order valence-electron chi connectivity index (χ4n) is 2.10. The molecule has 0 radical (unpaired) electrons. The zero-order chi connectivity index (χ0) is 10.7. The molecule has 2 nitrogen and oxygen atoms in total. The summed E-state index contributed by atoms with van der Waals surface area (Å²) in [5, 5.41) is 9.55. The van der Waals surface area contributed by atoms with Crippen LogP contribution in [0.1, 0.15) is 31.2 Å². The lowest BCUT2D eigenvalue weighted by Gasteiger charge is -2.27. The lowest BCUT2D eigenvalue weighted by atomic mass is 9.95. The van der Waals surface area contributed by atoms with E-state index in [-0.39, 0.29) is 12.2 Å². The maximum atomic E-state index is 9.55. The molecule has 15 heavy (non-hydrogen) atoms. The van der Waals surface area contributed by atoms with Crippen LogP contribution in [0.4, 0.5) is 0 Å². The molecule has 0 amide bonds. The summed E-state index contributed by atoms with van der Waals surface area (Å²) in [7, 11) is 0. The Morgan fingerprint density at radius 1 is 1.27 bits per heavy atom. The molecule has 1 N–H and O–H groups in total. The highest BCUT2D eigenvalue weighted by molar-refractivity contribution is 5.31. The molecule has 2 heteroatoms. The first-order valence-electron chi connectivity index (χ1n) is 5.66. The Morgan fingerprint density at radius 2 is 2.07 bits per heavy atom. The number of para-hydroxylation sites is 1. The van der Waals surface area contributed by atoms with Crippen LogP contribution < -0.4 is 4.74 Å². The van der Waals surface area contributed by atoms with Crippen molar-refractivity contribution >= 4 is 0 Å². The Balaban J connectivity index is 1.99. The number of hydrogen-bond donors (Lipinski definition) is 1. The number of aliphatic hydroxyl groups excluding tert-OH is 1. The molecule has 2 rings (SSSR count). The van der Waals surface area contributed by atoms with Crippen molar-refractivity contribution in [2.75, 3.05) is 0 Å². The van der Waals surface area contributed by atoms with Crippen LogP contribution in [0.25, 0.3) is 0 Å². The maximum absolute atomic E-state index is 9.55. The largest absolute Gasteiger partial charge is 0.490 e. The highest BCUT2D eigenvalue weighted by Crippen LogP contribution is 2.25. The van der Waals surface area contributed by atoms with Gasteiger partial charge in [-0.05, 0) is 37.8 Å². The second-order valence-electron chi connectivity index (χ2n) is 4.33. The third kappa shape index (κ3) is 2.72. The average molecular weight is 206 g/mol. The van der Waals surface area contributed by atoms with Gasteiger partial charge in [-0.2, -0.15) is 0 Å². The zero-order valence-electron chi connectivity index (χ0n) is 9.15. The number of rotatable bonds is 2. The summed E-state index contributed by atoms with van der Waals surface area (Å²) in [6.07, 6.45) is 3.84. The molecule has 0 heterocycles. The van der Waals surface area contributed by atoms with Gasteiger partial charge < -0.3 is 9.84 Å². The van der Waals surface area contributed by atoms with Gasteiger partial charge in [0.25, 0.3) is 0 Å². The molecule has 1 fully saturated rings. The van der Waals surface area contributed by atoms with Crippen molar-refractivity contribution in [1.29, 1.82) is 0 Å². The summed E-state index contributed by atoms with van der Waals surface area (Å²) >= 11 is 0. The average Bonchev–Trinajstić information content (AvgIpc) is 2.22. The Kier molecular flexibility index (Phi) is 3.27. The van der Waals surface area contributed by atoms with Gasteiger partial charge in [-0.1, -0.05) is 18.2 Å². The predicted octanol–water partition coefficient (Wildman–Crippen LogP) is 2.68.